The molecule has 5 nitrogen and oxygen atoms in total. The maximum atomic E-state index is 13.0. The van der Waals surface area contributed by atoms with Crippen LogP contribution in [0.2, 0.25) is 15.1 Å². The van der Waals surface area contributed by atoms with Gasteiger partial charge in [0.05, 0.1) is 21.5 Å². The van der Waals surface area contributed by atoms with Gasteiger partial charge < -0.3 is 14.9 Å². The minimum absolute atomic E-state index is 0.0211. The van der Waals surface area contributed by atoms with Gasteiger partial charge in [-0.05, 0) is 29.7 Å². The van der Waals surface area contributed by atoms with Gasteiger partial charge in [-0.3, -0.25) is 4.79 Å². The molecule has 2 N–H and O–H groups in total. The van der Waals surface area contributed by atoms with E-state index in [1.165, 1.54) is 0 Å². The van der Waals surface area contributed by atoms with Gasteiger partial charge >= 0.3 is 0 Å². The lowest BCUT2D eigenvalue weighted by Gasteiger charge is -2.36. The van der Waals surface area contributed by atoms with Crippen LogP contribution < -0.4 is 5.73 Å². The van der Waals surface area contributed by atoms with Gasteiger partial charge in [-0.2, -0.15) is 5.26 Å². The molecule has 0 unspecified atom stereocenters. The Morgan fingerprint density at radius 1 is 1.17 bits per heavy atom. The molecule has 2 aliphatic rings. The van der Waals surface area contributed by atoms with E-state index in [0.29, 0.717) is 56.3 Å². The van der Waals surface area contributed by atoms with E-state index in [1.54, 1.807) is 24.3 Å². The van der Waals surface area contributed by atoms with Crippen molar-refractivity contribution in [3.8, 4) is 17.4 Å². The molecule has 4 rings (SSSR count). The van der Waals surface area contributed by atoms with Crippen LogP contribution in [0.15, 0.2) is 51.5 Å². The number of hydrogen-bond donors (Lipinski definition) is 1. The van der Waals surface area contributed by atoms with Crippen LogP contribution in [0.5, 0.6) is 0 Å². The smallest absolute Gasteiger partial charge is 0.205 e. The second kappa shape index (κ2) is 7.39. The van der Waals surface area contributed by atoms with Crippen LogP contribution in [0.25, 0.3) is 11.3 Å². The number of nitrogens with two attached hydrogens (primary N) is 1. The van der Waals surface area contributed by atoms with Crippen molar-refractivity contribution in [2.45, 2.75) is 32.6 Å². The number of carbonyl (C=O) groups excluding carboxylic acids is 1. The fraction of sp³-hybridized carbons (Fsp3) is 0.273. The summed E-state index contributed by atoms with van der Waals surface area (Å²) in [4.78, 5) is 13.0. The topological polar surface area (TPSA) is 89.2 Å². The van der Waals surface area contributed by atoms with Crippen LogP contribution in [0, 0.1) is 16.7 Å². The zero-order chi connectivity index (χ0) is 21.8. The van der Waals surface area contributed by atoms with E-state index in [9.17, 15) is 10.1 Å². The van der Waals surface area contributed by atoms with Crippen LogP contribution >= 0.6 is 34.8 Å². The van der Waals surface area contributed by atoms with Crippen molar-refractivity contribution in [3.05, 3.63) is 67.9 Å². The van der Waals surface area contributed by atoms with Crippen LogP contribution in [-0.4, -0.2) is 5.78 Å². The maximum Gasteiger partial charge on any atom is 0.205 e. The van der Waals surface area contributed by atoms with Gasteiger partial charge in [0, 0.05) is 23.4 Å². The van der Waals surface area contributed by atoms with Crippen molar-refractivity contribution in [1.29, 1.82) is 5.26 Å². The number of nitrogens with zero attached hydrogens (tertiary/aromatic N) is 1. The van der Waals surface area contributed by atoms with Crippen molar-refractivity contribution in [1.82, 2.24) is 0 Å². The van der Waals surface area contributed by atoms with Gasteiger partial charge in [0.2, 0.25) is 5.88 Å². The van der Waals surface area contributed by atoms with E-state index in [4.69, 9.17) is 49.7 Å². The molecule has 8 heteroatoms. The minimum atomic E-state index is -0.749. The number of carbonyl (C=O) groups is 1. The highest BCUT2D eigenvalue weighted by Gasteiger charge is 2.44. The second-order valence-corrected chi connectivity index (χ2v) is 9.40. The molecule has 1 atom stereocenters. The number of furan rings is 1. The van der Waals surface area contributed by atoms with Crippen LogP contribution in [0.3, 0.4) is 0 Å². The second-order valence-electron chi connectivity index (χ2n) is 8.15. The van der Waals surface area contributed by atoms with Crippen LogP contribution in [0.1, 0.15) is 38.4 Å². The monoisotopic (exact) mass is 462 g/mol. The lowest BCUT2D eigenvalue weighted by Crippen LogP contribution is -2.33. The first-order valence-corrected chi connectivity index (χ1v) is 10.3. The molecule has 0 spiro atoms. The summed E-state index contributed by atoms with van der Waals surface area (Å²) in [5.41, 5.74) is 6.79. The van der Waals surface area contributed by atoms with Crippen LogP contribution in [0.4, 0.5) is 0 Å². The normalized spacial score (nSPS) is 20.7. The summed E-state index contributed by atoms with van der Waals surface area (Å²) < 4.78 is 11.7. The molecule has 0 amide bonds. The molecule has 2 heterocycles. The Balaban J connectivity index is 1.85. The number of halogens is 3. The zero-order valence-electron chi connectivity index (χ0n) is 16.2. The molecule has 30 heavy (non-hydrogen) atoms. The highest BCUT2D eigenvalue weighted by atomic mass is 35.5. The maximum absolute atomic E-state index is 13.0. The van der Waals surface area contributed by atoms with Gasteiger partial charge in [-0.1, -0.05) is 48.7 Å². The Morgan fingerprint density at radius 3 is 2.47 bits per heavy atom. The predicted octanol–water partition coefficient (Wildman–Crippen LogP) is 6.36. The molecule has 1 aliphatic carbocycles. The number of hydrogen-bond acceptors (Lipinski definition) is 5. The number of ether oxygens (including phenoxy) is 1. The zero-order valence-corrected chi connectivity index (χ0v) is 18.5. The fourth-order valence-electron chi connectivity index (χ4n) is 3.99. The molecule has 0 bridgehead atoms. The summed E-state index contributed by atoms with van der Waals surface area (Å²) in [5.74, 6) is 0.402. The van der Waals surface area contributed by atoms with Gasteiger partial charge in [-0.15, -0.1) is 0 Å². The van der Waals surface area contributed by atoms with Gasteiger partial charge in [0.15, 0.2) is 5.78 Å². The van der Waals surface area contributed by atoms with Crippen molar-refractivity contribution >= 4 is 40.6 Å². The van der Waals surface area contributed by atoms with Gasteiger partial charge in [0.1, 0.15) is 28.9 Å². The number of ketones is 1. The van der Waals surface area contributed by atoms with Crippen molar-refractivity contribution < 1.29 is 13.9 Å². The quantitative estimate of drug-likeness (QED) is 0.560. The summed E-state index contributed by atoms with van der Waals surface area (Å²) in [6.07, 6.45) is 0.874. The number of allylic oxidation sites excluding steroid dienone is 3. The largest absolute Gasteiger partial charge is 0.460 e. The van der Waals surface area contributed by atoms with E-state index in [2.05, 4.69) is 6.07 Å². The van der Waals surface area contributed by atoms with Gasteiger partial charge in [-0.25, -0.2) is 0 Å². The van der Waals surface area contributed by atoms with E-state index in [-0.39, 0.29) is 22.7 Å². The summed E-state index contributed by atoms with van der Waals surface area (Å²) in [5, 5.41) is 10.8. The van der Waals surface area contributed by atoms with Crippen molar-refractivity contribution in [2.75, 3.05) is 0 Å². The number of benzene rings is 1. The molecule has 1 aliphatic heterocycles. The molecule has 0 saturated carbocycles. The average Bonchev–Trinajstić information content (AvgIpc) is 3.07. The summed E-state index contributed by atoms with van der Waals surface area (Å²) in [6.45, 7) is 3.98. The Hall–Kier alpha value is -2.39. The number of nitriles is 1. The van der Waals surface area contributed by atoms with E-state index >= 15 is 0 Å². The SMILES string of the molecule is CC1(C)CC(=O)C2=C(C1)OC(N)=C(C#N)[C@@H]2c1ccc(-c2c(Cl)cc(Cl)cc2Cl)o1. The molecular formula is C22H17Cl3N2O3. The fourth-order valence-corrected chi connectivity index (χ4v) is 4.99. The van der Waals surface area contributed by atoms with E-state index < -0.39 is 5.92 Å². The molecule has 1 aromatic carbocycles. The Morgan fingerprint density at radius 2 is 1.83 bits per heavy atom. The molecule has 1 aromatic heterocycles. The lowest BCUT2D eigenvalue weighted by molar-refractivity contribution is -0.119. The first-order valence-electron chi connectivity index (χ1n) is 9.20. The van der Waals surface area contributed by atoms with Crippen LogP contribution in [-0.2, 0) is 9.53 Å². The third-order valence-corrected chi connectivity index (χ3v) is 6.05. The summed E-state index contributed by atoms with van der Waals surface area (Å²) in [6, 6.07) is 8.57. The lowest BCUT2D eigenvalue weighted by atomic mass is 9.71. The summed E-state index contributed by atoms with van der Waals surface area (Å²) in [7, 11) is 0. The molecule has 0 saturated heterocycles. The van der Waals surface area contributed by atoms with Gasteiger partial charge in [0.25, 0.3) is 0 Å². The predicted molar refractivity (Wildman–Crippen MR) is 115 cm³/mol. The number of rotatable bonds is 2. The minimum Gasteiger partial charge on any atom is -0.460 e. The first-order chi connectivity index (χ1) is 14.1. The number of Topliss-reactive ketones (excluding diaryl/α,β-unsaturated/α-hetero) is 1. The highest BCUT2D eigenvalue weighted by Crippen LogP contribution is 2.49. The Labute approximate surface area is 188 Å². The third kappa shape index (κ3) is 3.50. The Kier molecular flexibility index (Phi) is 5.14. The first kappa shape index (κ1) is 20.9. The van der Waals surface area contributed by atoms with Crippen molar-refractivity contribution in [3.63, 3.8) is 0 Å². The summed E-state index contributed by atoms with van der Waals surface area (Å²) >= 11 is 18.6. The molecular weight excluding hydrogens is 447 g/mol. The van der Waals surface area contributed by atoms with Crippen molar-refractivity contribution in [2.24, 2.45) is 11.1 Å². The molecule has 0 radical (unpaired) electrons. The molecule has 2 aromatic rings. The third-order valence-electron chi connectivity index (χ3n) is 5.24. The highest BCUT2D eigenvalue weighted by molar-refractivity contribution is 6.41. The molecule has 154 valence electrons. The Bertz CT molecular complexity index is 1160. The standard InChI is InChI=1S/C22H17Cl3N2O3/c1-22(2)7-14(28)20-17(8-22)30-21(27)11(9-26)18(20)15-3-4-16(29-15)19-12(24)5-10(23)6-13(19)25/h3-6,18H,7-8,27H2,1-2H3/t18-/m1/s1. The average molecular weight is 464 g/mol. The van der Waals surface area contributed by atoms with E-state index in [0.717, 1.165) is 0 Å². The molecule has 0 fully saturated rings. The van der Waals surface area contributed by atoms with E-state index in [1.807, 2.05) is 13.8 Å².